The van der Waals surface area contributed by atoms with Crippen LogP contribution in [0.4, 0.5) is 5.69 Å². The maximum absolute atomic E-state index is 11.5. The van der Waals surface area contributed by atoms with Gasteiger partial charge in [0.2, 0.25) is 0 Å². The van der Waals surface area contributed by atoms with E-state index < -0.39 is 5.97 Å². The molecule has 0 unspecified atom stereocenters. The van der Waals surface area contributed by atoms with Crippen molar-refractivity contribution in [1.29, 1.82) is 5.26 Å². The van der Waals surface area contributed by atoms with Crippen LogP contribution in [0.25, 0.3) is 0 Å². The molecule has 1 aromatic rings. The van der Waals surface area contributed by atoms with Gasteiger partial charge in [-0.2, -0.15) is 0 Å². The van der Waals surface area contributed by atoms with Crippen molar-refractivity contribution in [2.24, 2.45) is 4.99 Å². The second-order valence-corrected chi connectivity index (χ2v) is 4.29. The highest BCUT2D eigenvalue weighted by Crippen LogP contribution is 2.25. The first-order valence-corrected chi connectivity index (χ1v) is 5.96. The molecule has 0 aromatic heterocycles. The molecule has 94 valence electrons. The molecule has 0 aliphatic carbocycles. The van der Waals surface area contributed by atoms with Crippen LogP contribution in [0, 0.1) is 11.5 Å². The fraction of sp³-hybridized carbons (Fsp3) is 0.250. The summed E-state index contributed by atoms with van der Waals surface area (Å²) in [6, 6.07) is 4.71. The number of nitriles is 1. The van der Waals surface area contributed by atoms with Crippen molar-refractivity contribution in [3.63, 3.8) is 0 Å². The summed E-state index contributed by atoms with van der Waals surface area (Å²) in [5.74, 6) is -0.754. The van der Waals surface area contributed by atoms with Gasteiger partial charge >= 0.3 is 5.97 Å². The number of rotatable bonds is 4. The van der Waals surface area contributed by atoms with E-state index in [9.17, 15) is 4.79 Å². The van der Waals surface area contributed by atoms with E-state index in [1.165, 1.54) is 6.26 Å². The lowest BCUT2D eigenvalue weighted by atomic mass is 10.2. The minimum atomic E-state index is -0.754. The number of aliphatic imine (C=N–C) groups is 1. The van der Waals surface area contributed by atoms with Crippen molar-refractivity contribution < 1.29 is 9.53 Å². The van der Waals surface area contributed by atoms with Gasteiger partial charge in [0.25, 0.3) is 6.26 Å². The van der Waals surface area contributed by atoms with Gasteiger partial charge in [0.15, 0.2) is 0 Å². The minimum Gasteiger partial charge on any atom is -0.346 e. The molecule has 1 aromatic carbocycles. The second kappa shape index (κ2) is 7.00. The van der Waals surface area contributed by atoms with Gasteiger partial charge in [-0.1, -0.05) is 36.5 Å². The Balaban J connectivity index is 3.07. The Kier molecular flexibility index (Phi) is 5.63. The molecule has 0 bridgehead atoms. The Bertz CT molecular complexity index is 501. The zero-order valence-corrected chi connectivity index (χ0v) is 11.1. The van der Waals surface area contributed by atoms with Crippen LogP contribution in [0.15, 0.2) is 23.2 Å². The molecule has 0 aliphatic heterocycles. The lowest BCUT2D eigenvalue weighted by Crippen LogP contribution is -2.14. The van der Waals surface area contributed by atoms with E-state index in [-0.39, 0.29) is 5.71 Å². The van der Waals surface area contributed by atoms with Gasteiger partial charge in [0.1, 0.15) is 5.71 Å². The molecule has 0 aliphatic rings. The van der Waals surface area contributed by atoms with E-state index in [4.69, 9.17) is 28.5 Å². The zero-order valence-electron chi connectivity index (χ0n) is 9.61. The van der Waals surface area contributed by atoms with E-state index in [1.807, 2.05) is 6.92 Å². The third kappa shape index (κ3) is 4.36. The van der Waals surface area contributed by atoms with Gasteiger partial charge in [-0.15, -0.1) is 5.26 Å². The van der Waals surface area contributed by atoms with Crippen molar-refractivity contribution in [2.45, 2.75) is 19.8 Å². The first-order valence-electron chi connectivity index (χ1n) is 5.20. The average molecular weight is 285 g/mol. The van der Waals surface area contributed by atoms with Gasteiger partial charge < -0.3 is 4.74 Å². The molecule has 0 heterocycles. The molecule has 0 saturated heterocycles. The van der Waals surface area contributed by atoms with E-state index >= 15 is 0 Å². The molecule has 6 heteroatoms. The van der Waals surface area contributed by atoms with Crippen LogP contribution < -0.4 is 0 Å². The molecule has 0 radical (unpaired) electrons. The summed E-state index contributed by atoms with van der Waals surface area (Å²) < 4.78 is 4.26. The summed E-state index contributed by atoms with van der Waals surface area (Å²) in [5, 5.41) is 9.16. The number of nitrogens with zero attached hydrogens (tertiary/aromatic N) is 2. The Morgan fingerprint density at radius 1 is 1.39 bits per heavy atom. The largest absolute Gasteiger partial charge is 0.367 e. The number of benzene rings is 1. The maximum atomic E-state index is 11.5. The molecule has 0 atom stereocenters. The first kappa shape index (κ1) is 14.5. The molecule has 18 heavy (non-hydrogen) atoms. The Morgan fingerprint density at radius 2 is 2.00 bits per heavy atom. The Morgan fingerprint density at radius 3 is 2.50 bits per heavy atom. The number of hydrogen-bond donors (Lipinski definition) is 0. The quantitative estimate of drug-likeness (QED) is 0.479. The monoisotopic (exact) mass is 284 g/mol. The standard InChI is InChI=1S/C12H10Cl2N2O2/c1-2-3-11(12(17)18-7-15)16-10-5-8(13)4-9(14)6-10/h4-6H,2-3H2,1H3. The molecular weight excluding hydrogens is 275 g/mol. The fourth-order valence-corrected chi connectivity index (χ4v) is 1.81. The zero-order chi connectivity index (χ0) is 13.5. The first-order chi connectivity index (χ1) is 8.56. The third-order valence-corrected chi connectivity index (χ3v) is 2.41. The Hall–Kier alpha value is -1.57. The molecular formula is C12H10Cl2N2O2. The van der Waals surface area contributed by atoms with Gasteiger partial charge in [0.05, 0.1) is 5.69 Å². The molecule has 0 spiro atoms. The van der Waals surface area contributed by atoms with Crippen molar-refractivity contribution in [1.82, 2.24) is 0 Å². The van der Waals surface area contributed by atoms with E-state index in [2.05, 4.69) is 9.73 Å². The summed E-state index contributed by atoms with van der Waals surface area (Å²) in [7, 11) is 0. The molecule has 0 amide bonds. The van der Waals surface area contributed by atoms with Gasteiger partial charge in [0, 0.05) is 10.0 Å². The summed E-state index contributed by atoms with van der Waals surface area (Å²) in [4.78, 5) is 15.6. The van der Waals surface area contributed by atoms with Crippen LogP contribution in [0.2, 0.25) is 10.0 Å². The van der Waals surface area contributed by atoms with Crippen molar-refractivity contribution in [3.05, 3.63) is 28.2 Å². The van der Waals surface area contributed by atoms with Crippen LogP contribution in [-0.4, -0.2) is 11.7 Å². The lowest BCUT2D eigenvalue weighted by molar-refractivity contribution is -0.129. The number of hydrogen-bond acceptors (Lipinski definition) is 4. The van der Waals surface area contributed by atoms with Crippen LogP contribution >= 0.6 is 23.2 Å². The normalized spacial score (nSPS) is 10.9. The van der Waals surface area contributed by atoms with E-state index in [0.29, 0.717) is 28.6 Å². The van der Waals surface area contributed by atoms with Crippen LogP contribution in [0.3, 0.4) is 0 Å². The molecule has 0 N–H and O–H groups in total. The number of ether oxygens (including phenoxy) is 1. The summed E-state index contributed by atoms with van der Waals surface area (Å²) in [6.45, 7) is 1.89. The summed E-state index contributed by atoms with van der Waals surface area (Å²) in [6.07, 6.45) is 2.44. The predicted molar refractivity (Wildman–Crippen MR) is 70.2 cm³/mol. The number of carbonyl (C=O) groups is 1. The predicted octanol–water partition coefficient (Wildman–Crippen LogP) is 3.89. The van der Waals surface area contributed by atoms with Crippen LogP contribution in [0.5, 0.6) is 0 Å². The fourth-order valence-electron chi connectivity index (χ4n) is 1.30. The molecule has 1 rings (SSSR count). The number of carbonyl (C=O) groups excluding carboxylic acids is 1. The Labute approximate surface area is 115 Å². The molecule has 0 saturated carbocycles. The summed E-state index contributed by atoms with van der Waals surface area (Å²) in [5.41, 5.74) is 0.614. The SMILES string of the molecule is CCCC(=Nc1cc(Cl)cc(Cl)c1)C(=O)OC#N. The average Bonchev–Trinajstić information content (AvgIpc) is 2.27. The summed E-state index contributed by atoms with van der Waals surface area (Å²) >= 11 is 11.7. The topological polar surface area (TPSA) is 62.4 Å². The lowest BCUT2D eigenvalue weighted by Gasteiger charge is -2.02. The van der Waals surface area contributed by atoms with Gasteiger partial charge in [-0.25, -0.2) is 9.79 Å². The minimum absolute atomic E-state index is 0.164. The number of esters is 1. The van der Waals surface area contributed by atoms with E-state index in [0.717, 1.165) is 0 Å². The second-order valence-electron chi connectivity index (χ2n) is 3.42. The maximum Gasteiger partial charge on any atom is 0.367 e. The molecule has 0 fully saturated rings. The number of halogens is 2. The van der Waals surface area contributed by atoms with Crippen LogP contribution in [0.1, 0.15) is 19.8 Å². The molecule has 4 nitrogen and oxygen atoms in total. The van der Waals surface area contributed by atoms with Crippen LogP contribution in [-0.2, 0) is 9.53 Å². The highest BCUT2D eigenvalue weighted by Gasteiger charge is 2.12. The van der Waals surface area contributed by atoms with Crippen molar-refractivity contribution in [2.75, 3.05) is 0 Å². The highest BCUT2D eigenvalue weighted by molar-refractivity contribution is 6.37. The van der Waals surface area contributed by atoms with Crippen molar-refractivity contribution >= 4 is 40.6 Å². The van der Waals surface area contributed by atoms with Gasteiger partial charge in [-0.3, -0.25) is 0 Å². The highest BCUT2D eigenvalue weighted by atomic mass is 35.5. The third-order valence-electron chi connectivity index (χ3n) is 1.97. The smallest absolute Gasteiger partial charge is 0.346 e. The van der Waals surface area contributed by atoms with E-state index in [1.54, 1.807) is 18.2 Å². The van der Waals surface area contributed by atoms with Gasteiger partial charge in [-0.05, 0) is 24.6 Å². The van der Waals surface area contributed by atoms with Crippen molar-refractivity contribution in [3.8, 4) is 6.26 Å².